The SMILES string of the molecule is CCN1C[C@]2(COC)CC[C@H](OC)C34C1C1(OCO[C@@]15C[C@H](OC)[C@H]1C[C@@H]3[C@@H]5C1OC)[C@@H](O)[C@@H]42. The van der Waals surface area contributed by atoms with E-state index in [1.165, 1.54) is 0 Å². The van der Waals surface area contributed by atoms with E-state index in [9.17, 15) is 5.11 Å². The van der Waals surface area contributed by atoms with Crippen molar-refractivity contribution in [3.63, 3.8) is 0 Å². The van der Waals surface area contributed by atoms with Crippen LogP contribution < -0.4 is 0 Å². The van der Waals surface area contributed by atoms with Crippen molar-refractivity contribution >= 4 is 0 Å². The molecule has 0 aromatic rings. The summed E-state index contributed by atoms with van der Waals surface area (Å²) in [5.74, 6) is 0.813. The van der Waals surface area contributed by atoms with Gasteiger partial charge in [0.1, 0.15) is 18.0 Å². The van der Waals surface area contributed by atoms with Crippen molar-refractivity contribution < 1.29 is 33.5 Å². The molecular weight excluding hydrogens is 438 g/mol. The number of aliphatic hydroxyl groups is 1. The van der Waals surface area contributed by atoms with E-state index < -0.39 is 17.3 Å². The maximum atomic E-state index is 12.6. The van der Waals surface area contributed by atoms with Crippen LogP contribution in [0.4, 0.5) is 0 Å². The minimum absolute atomic E-state index is 0.0240. The molecule has 5 aliphatic carbocycles. The Kier molecular flexibility index (Phi) is 4.81. The number of fused-ring (bicyclic) bond motifs is 1. The van der Waals surface area contributed by atoms with Gasteiger partial charge in [0, 0.05) is 70.0 Å². The van der Waals surface area contributed by atoms with Crippen molar-refractivity contribution in [3.8, 4) is 0 Å². The summed E-state index contributed by atoms with van der Waals surface area (Å²) in [6.07, 6.45) is 3.20. The van der Waals surface area contributed by atoms with Crippen molar-refractivity contribution in [1.29, 1.82) is 0 Å². The van der Waals surface area contributed by atoms with Crippen LogP contribution in [0.5, 0.6) is 0 Å². The van der Waals surface area contributed by atoms with Gasteiger partial charge in [0.2, 0.25) is 0 Å². The van der Waals surface area contributed by atoms with Gasteiger partial charge in [-0.2, -0.15) is 0 Å². The Morgan fingerprint density at radius 3 is 2.59 bits per heavy atom. The summed E-state index contributed by atoms with van der Waals surface area (Å²) in [5.41, 5.74) is -1.83. The van der Waals surface area contributed by atoms with Gasteiger partial charge in [-0.1, -0.05) is 6.92 Å². The lowest BCUT2D eigenvalue weighted by Crippen LogP contribution is -2.81. The molecule has 7 fully saturated rings. The predicted octanol–water partition coefficient (Wildman–Crippen LogP) is 1.29. The molecule has 8 heteroatoms. The first-order valence-electron chi connectivity index (χ1n) is 13.2. The molecule has 7 rings (SSSR count). The van der Waals surface area contributed by atoms with Crippen LogP contribution in [0.25, 0.3) is 0 Å². The Morgan fingerprint density at radius 1 is 1.09 bits per heavy atom. The van der Waals surface area contributed by atoms with E-state index in [0.29, 0.717) is 18.4 Å². The van der Waals surface area contributed by atoms with Crippen molar-refractivity contribution in [2.24, 2.45) is 34.5 Å². The highest BCUT2D eigenvalue weighted by Gasteiger charge is 2.93. The fourth-order valence-corrected chi connectivity index (χ4v) is 11.7. The molecule has 8 nitrogen and oxygen atoms in total. The van der Waals surface area contributed by atoms with Gasteiger partial charge in [0.05, 0.1) is 37.1 Å². The number of piperidine rings is 1. The van der Waals surface area contributed by atoms with E-state index in [1.807, 2.05) is 21.3 Å². The van der Waals surface area contributed by atoms with Gasteiger partial charge >= 0.3 is 0 Å². The van der Waals surface area contributed by atoms with Gasteiger partial charge in [0.15, 0.2) is 0 Å². The first-order valence-corrected chi connectivity index (χ1v) is 13.2. The molecule has 7 aliphatic rings. The third kappa shape index (κ3) is 2.05. The van der Waals surface area contributed by atoms with Gasteiger partial charge in [-0.15, -0.1) is 0 Å². The minimum atomic E-state index is -0.825. The fraction of sp³-hybridized carbons (Fsp3) is 1.00. The highest BCUT2D eigenvalue weighted by molar-refractivity contribution is 5.42. The Balaban J connectivity index is 1.55. The van der Waals surface area contributed by atoms with Crippen LogP contribution in [0.2, 0.25) is 0 Å². The van der Waals surface area contributed by atoms with Gasteiger partial charge in [0.25, 0.3) is 0 Å². The summed E-state index contributed by atoms with van der Waals surface area (Å²) in [6, 6.07) is 0.0378. The topological polar surface area (TPSA) is 78.9 Å². The first kappa shape index (κ1) is 22.8. The van der Waals surface area contributed by atoms with Crippen molar-refractivity contribution in [3.05, 3.63) is 0 Å². The molecule has 0 amide bonds. The fourth-order valence-electron chi connectivity index (χ4n) is 11.7. The van der Waals surface area contributed by atoms with E-state index >= 15 is 0 Å². The molecule has 2 heterocycles. The summed E-state index contributed by atoms with van der Waals surface area (Å²) < 4.78 is 38.3. The third-order valence-electron chi connectivity index (χ3n) is 12.0. The van der Waals surface area contributed by atoms with Crippen LogP contribution in [-0.4, -0.2) is 107 Å². The largest absolute Gasteiger partial charge is 0.390 e. The molecule has 7 bridgehead atoms. The van der Waals surface area contributed by atoms with E-state index in [2.05, 4.69) is 11.8 Å². The molecule has 0 aromatic heterocycles. The Labute approximate surface area is 202 Å². The molecule has 5 saturated carbocycles. The molecule has 192 valence electrons. The van der Waals surface area contributed by atoms with Gasteiger partial charge in [-0.25, -0.2) is 0 Å². The Hall–Kier alpha value is -0.320. The lowest BCUT2D eigenvalue weighted by molar-refractivity contribution is -0.287. The van der Waals surface area contributed by atoms with Crippen LogP contribution in [0, 0.1) is 34.5 Å². The summed E-state index contributed by atoms with van der Waals surface area (Å²) >= 11 is 0. The molecule has 2 aliphatic heterocycles. The normalized spacial score (nSPS) is 61.1. The number of likely N-dealkylation sites (tertiary alicyclic amines) is 1. The van der Waals surface area contributed by atoms with E-state index in [1.54, 1.807) is 7.11 Å². The highest BCUT2D eigenvalue weighted by Crippen LogP contribution is 2.82. The molecule has 3 spiro atoms. The van der Waals surface area contributed by atoms with Gasteiger partial charge in [-0.05, 0) is 31.7 Å². The van der Waals surface area contributed by atoms with Crippen LogP contribution in [-0.2, 0) is 28.4 Å². The third-order valence-corrected chi connectivity index (χ3v) is 12.0. The number of nitrogens with zero attached hydrogens (tertiary/aromatic N) is 1. The summed E-state index contributed by atoms with van der Waals surface area (Å²) in [6.45, 7) is 4.93. The number of ether oxygens (including phenoxy) is 6. The molecular formula is C26H41NO7. The second-order valence-electron chi connectivity index (χ2n) is 12.2. The summed E-state index contributed by atoms with van der Waals surface area (Å²) in [4.78, 5) is 2.61. The molecule has 13 atom stereocenters. The zero-order valence-corrected chi connectivity index (χ0v) is 21.2. The zero-order chi connectivity index (χ0) is 23.7. The molecule has 2 saturated heterocycles. The Bertz CT molecular complexity index is 859. The predicted molar refractivity (Wildman–Crippen MR) is 121 cm³/mol. The Morgan fingerprint density at radius 2 is 1.91 bits per heavy atom. The smallest absolute Gasteiger partial charge is 0.148 e. The maximum Gasteiger partial charge on any atom is 0.148 e. The minimum Gasteiger partial charge on any atom is -0.390 e. The highest BCUT2D eigenvalue weighted by atomic mass is 16.7. The average molecular weight is 480 g/mol. The number of hydrogen-bond acceptors (Lipinski definition) is 8. The van der Waals surface area contributed by atoms with E-state index in [0.717, 1.165) is 38.8 Å². The summed E-state index contributed by atoms with van der Waals surface area (Å²) in [5, 5.41) is 12.6. The van der Waals surface area contributed by atoms with E-state index in [-0.39, 0.29) is 53.8 Å². The number of rotatable bonds is 6. The first-order chi connectivity index (χ1) is 16.5. The molecule has 0 radical (unpaired) electrons. The average Bonchev–Trinajstić information content (AvgIpc) is 3.42. The van der Waals surface area contributed by atoms with Crippen LogP contribution >= 0.6 is 0 Å². The molecule has 34 heavy (non-hydrogen) atoms. The molecule has 0 aromatic carbocycles. The molecule has 1 N–H and O–H groups in total. The number of aliphatic hydroxyl groups excluding tert-OH is 1. The van der Waals surface area contributed by atoms with Gasteiger partial charge in [-0.3, -0.25) is 4.90 Å². The molecule has 4 unspecified atom stereocenters. The standard InChI is InChI=1S/C26H41NO7/c1-6-27-11-23(12-29-2)8-7-17(31-4)25-15-9-14-16(30-3)10-24(18(15)19(14)32-5)26(22(25)27,34-13-33-24)21(28)20(23)25/h14-22,28H,6-13H2,1-5H3/t14-,15-,16+,17+,18-,19?,20-,21+,22?,23+,24-,25?,26?/m1/s1. The lowest BCUT2D eigenvalue weighted by Gasteiger charge is -2.70. The van der Waals surface area contributed by atoms with Crippen molar-refractivity contribution in [2.45, 2.75) is 74.3 Å². The van der Waals surface area contributed by atoms with E-state index in [4.69, 9.17) is 28.4 Å². The van der Waals surface area contributed by atoms with Crippen molar-refractivity contribution in [2.75, 3.05) is 54.9 Å². The monoisotopic (exact) mass is 479 g/mol. The van der Waals surface area contributed by atoms with Crippen LogP contribution in [0.3, 0.4) is 0 Å². The zero-order valence-electron chi connectivity index (χ0n) is 21.2. The second-order valence-corrected chi connectivity index (χ2v) is 12.2. The van der Waals surface area contributed by atoms with Crippen LogP contribution in [0.1, 0.15) is 32.6 Å². The quantitative estimate of drug-likeness (QED) is 0.611. The van der Waals surface area contributed by atoms with Gasteiger partial charge < -0.3 is 33.5 Å². The second kappa shape index (κ2) is 7.16. The lowest BCUT2D eigenvalue weighted by atomic mass is 9.42. The van der Waals surface area contributed by atoms with Crippen molar-refractivity contribution in [1.82, 2.24) is 4.90 Å². The van der Waals surface area contributed by atoms with Crippen LogP contribution in [0.15, 0.2) is 0 Å². The number of methoxy groups -OCH3 is 4. The number of likely N-dealkylation sites (N-methyl/N-ethyl adjacent to an activating group) is 1. The summed E-state index contributed by atoms with van der Waals surface area (Å²) in [7, 11) is 7.32. The number of hydrogen-bond donors (Lipinski definition) is 1. The maximum absolute atomic E-state index is 12.6.